The molecule has 0 spiro atoms. The van der Waals surface area contributed by atoms with Crippen molar-refractivity contribution in [1.82, 2.24) is 10.2 Å². The molecule has 2 heterocycles. The van der Waals surface area contributed by atoms with E-state index in [0.717, 1.165) is 32.6 Å². The van der Waals surface area contributed by atoms with E-state index in [1.54, 1.807) is 4.90 Å². The van der Waals surface area contributed by atoms with Crippen molar-refractivity contribution in [3.63, 3.8) is 0 Å². The highest BCUT2D eigenvalue weighted by Crippen LogP contribution is 2.17. The number of carbonyl (C=O) groups excluding carboxylic acids is 1. The first-order valence-corrected chi connectivity index (χ1v) is 7.46. The van der Waals surface area contributed by atoms with Gasteiger partial charge < -0.3 is 20.1 Å². The standard InChI is InChI=1S/C14H24N2O4/c17-13(9-15-5-1-11-4-8-20-10-11)16-6-2-12(3-7-16)14(18)19/h11-12,15H,1-10H2,(H,18,19). The van der Waals surface area contributed by atoms with Gasteiger partial charge in [0.2, 0.25) is 5.91 Å². The Hall–Kier alpha value is -1.14. The molecule has 2 fully saturated rings. The van der Waals surface area contributed by atoms with E-state index in [4.69, 9.17) is 9.84 Å². The van der Waals surface area contributed by atoms with Crippen LogP contribution in [0.5, 0.6) is 0 Å². The van der Waals surface area contributed by atoms with Crippen molar-refractivity contribution in [2.45, 2.75) is 25.7 Å². The van der Waals surface area contributed by atoms with Gasteiger partial charge in [0, 0.05) is 26.3 Å². The Labute approximate surface area is 119 Å². The molecule has 6 heteroatoms. The second kappa shape index (κ2) is 7.59. The summed E-state index contributed by atoms with van der Waals surface area (Å²) in [4.78, 5) is 24.6. The van der Waals surface area contributed by atoms with E-state index in [1.807, 2.05) is 0 Å². The molecule has 2 aliphatic rings. The van der Waals surface area contributed by atoms with Crippen LogP contribution in [0.15, 0.2) is 0 Å². The van der Waals surface area contributed by atoms with Gasteiger partial charge in [0.25, 0.3) is 0 Å². The molecule has 114 valence electrons. The predicted octanol–water partition coefficient (Wildman–Crippen LogP) is 0.326. The van der Waals surface area contributed by atoms with Crippen LogP contribution in [-0.4, -0.2) is 61.3 Å². The van der Waals surface area contributed by atoms with Gasteiger partial charge in [-0.25, -0.2) is 0 Å². The summed E-state index contributed by atoms with van der Waals surface area (Å²) in [7, 11) is 0. The zero-order chi connectivity index (χ0) is 14.4. The molecule has 2 saturated heterocycles. The predicted molar refractivity (Wildman–Crippen MR) is 73.4 cm³/mol. The highest BCUT2D eigenvalue weighted by molar-refractivity contribution is 5.78. The third-order valence-electron chi connectivity index (χ3n) is 4.23. The molecular formula is C14H24N2O4. The van der Waals surface area contributed by atoms with Gasteiger partial charge in [-0.1, -0.05) is 0 Å². The Morgan fingerprint density at radius 1 is 1.25 bits per heavy atom. The molecule has 1 atom stereocenters. The van der Waals surface area contributed by atoms with E-state index in [2.05, 4.69) is 5.32 Å². The molecule has 20 heavy (non-hydrogen) atoms. The van der Waals surface area contributed by atoms with Gasteiger partial charge in [0.15, 0.2) is 0 Å². The SMILES string of the molecule is O=C(O)C1CCN(C(=O)CNCCC2CCOC2)CC1. The van der Waals surface area contributed by atoms with Gasteiger partial charge in [0.05, 0.1) is 12.5 Å². The summed E-state index contributed by atoms with van der Waals surface area (Å²) < 4.78 is 5.31. The maximum Gasteiger partial charge on any atom is 0.306 e. The van der Waals surface area contributed by atoms with Gasteiger partial charge in [-0.05, 0) is 38.1 Å². The van der Waals surface area contributed by atoms with E-state index in [-0.39, 0.29) is 11.8 Å². The van der Waals surface area contributed by atoms with Crippen molar-refractivity contribution in [3.8, 4) is 0 Å². The monoisotopic (exact) mass is 284 g/mol. The number of nitrogens with one attached hydrogen (secondary N) is 1. The summed E-state index contributed by atoms with van der Waals surface area (Å²) in [5.74, 6) is -0.316. The second-order valence-corrected chi connectivity index (χ2v) is 5.69. The number of carbonyl (C=O) groups is 2. The maximum absolute atomic E-state index is 12.0. The van der Waals surface area contributed by atoms with Crippen LogP contribution >= 0.6 is 0 Å². The first-order chi connectivity index (χ1) is 9.66. The normalized spacial score (nSPS) is 24.0. The number of rotatable bonds is 6. The zero-order valence-electron chi connectivity index (χ0n) is 11.8. The highest BCUT2D eigenvalue weighted by atomic mass is 16.5. The summed E-state index contributed by atoms with van der Waals surface area (Å²) in [6.45, 7) is 4.03. The van der Waals surface area contributed by atoms with Crippen LogP contribution in [0.25, 0.3) is 0 Å². The zero-order valence-corrected chi connectivity index (χ0v) is 11.8. The van der Waals surface area contributed by atoms with Crippen molar-refractivity contribution in [3.05, 3.63) is 0 Å². The summed E-state index contributed by atoms with van der Waals surface area (Å²) in [5.41, 5.74) is 0. The third-order valence-corrected chi connectivity index (χ3v) is 4.23. The molecule has 0 aliphatic carbocycles. The van der Waals surface area contributed by atoms with Crippen LogP contribution in [0, 0.1) is 11.8 Å². The van der Waals surface area contributed by atoms with Gasteiger partial charge in [-0.15, -0.1) is 0 Å². The summed E-state index contributed by atoms with van der Waals surface area (Å²) in [6.07, 6.45) is 3.31. The quantitative estimate of drug-likeness (QED) is 0.687. The number of amides is 1. The molecule has 6 nitrogen and oxygen atoms in total. The molecule has 0 aromatic heterocycles. The summed E-state index contributed by atoms with van der Waals surface area (Å²) in [5, 5.41) is 12.1. The minimum Gasteiger partial charge on any atom is -0.481 e. The molecule has 1 amide bonds. The van der Waals surface area contributed by atoms with Gasteiger partial charge in [0.1, 0.15) is 0 Å². The molecule has 0 radical (unpaired) electrons. The van der Waals surface area contributed by atoms with Crippen LogP contribution in [0.4, 0.5) is 0 Å². The summed E-state index contributed by atoms with van der Waals surface area (Å²) >= 11 is 0. The van der Waals surface area contributed by atoms with E-state index in [0.29, 0.717) is 38.4 Å². The fraction of sp³-hybridized carbons (Fsp3) is 0.857. The Bertz CT molecular complexity index is 334. The largest absolute Gasteiger partial charge is 0.481 e. The minimum absolute atomic E-state index is 0.0801. The van der Waals surface area contributed by atoms with E-state index < -0.39 is 5.97 Å². The van der Waals surface area contributed by atoms with Crippen molar-refractivity contribution in [2.75, 3.05) is 39.4 Å². The summed E-state index contributed by atoms with van der Waals surface area (Å²) in [6, 6.07) is 0. The average molecular weight is 284 g/mol. The fourth-order valence-corrected chi connectivity index (χ4v) is 2.80. The molecule has 0 saturated carbocycles. The van der Waals surface area contributed by atoms with Crippen LogP contribution < -0.4 is 5.32 Å². The Morgan fingerprint density at radius 2 is 2.00 bits per heavy atom. The topological polar surface area (TPSA) is 78.9 Å². The molecule has 2 N–H and O–H groups in total. The lowest BCUT2D eigenvalue weighted by Gasteiger charge is -2.30. The average Bonchev–Trinajstić information content (AvgIpc) is 2.96. The molecular weight excluding hydrogens is 260 g/mol. The van der Waals surface area contributed by atoms with Crippen LogP contribution in [0.2, 0.25) is 0 Å². The number of nitrogens with zero attached hydrogens (tertiary/aromatic N) is 1. The van der Waals surface area contributed by atoms with E-state index in [9.17, 15) is 9.59 Å². The molecule has 1 unspecified atom stereocenters. The van der Waals surface area contributed by atoms with E-state index >= 15 is 0 Å². The lowest BCUT2D eigenvalue weighted by atomic mass is 9.97. The number of aliphatic carboxylic acids is 1. The number of carboxylic acids is 1. The van der Waals surface area contributed by atoms with Crippen molar-refractivity contribution >= 4 is 11.9 Å². The lowest BCUT2D eigenvalue weighted by Crippen LogP contribution is -2.44. The lowest BCUT2D eigenvalue weighted by molar-refractivity contribution is -0.145. The van der Waals surface area contributed by atoms with Crippen molar-refractivity contribution in [1.29, 1.82) is 0 Å². The third kappa shape index (κ3) is 4.45. The Balaban J connectivity index is 1.57. The first-order valence-electron chi connectivity index (χ1n) is 7.46. The molecule has 0 bridgehead atoms. The molecule has 2 rings (SSSR count). The van der Waals surface area contributed by atoms with Crippen LogP contribution in [-0.2, 0) is 14.3 Å². The van der Waals surface area contributed by atoms with Crippen LogP contribution in [0.3, 0.4) is 0 Å². The van der Waals surface area contributed by atoms with E-state index in [1.165, 1.54) is 0 Å². The Morgan fingerprint density at radius 3 is 2.60 bits per heavy atom. The smallest absolute Gasteiger partial charge is 0.306 e. The van der Waals surface area contributed by atoms with Crippen LogP contribution in [0.1, 0.15) is 25.7 Å². The minimum atomic E-state index is -0.742. The van der Waals surface area contributed by atoms with Gasteiger partial charge in [-0.2, -0.15) is 0 Å². The molecule has 0 aromatic rings. The van der Waals surface area contributed by atoms with Crippen molar-refractivity contribution in [2.24, 2.45) is 11.8 Å². The Kier molecular flexibility index (Phi) is 5.79. The number of hydrogen-bond acceptors (Lipinski definition) is 4. The molecule has 2 aliphatic heterocycles. The van der Waals surface area contributed by atoms with Gasteiger partial charge in [-0.3, -0.25) is 9.59 Å². The van der Waals surface area contributed by atoms with Gasteiger partial charge >= 0.3 is 5.97 Å². The number of likely N-dealkylation sites (tertiary alicyclic amines) is 1. The number of piperidine rings is 1. The number of hydrogen-bond donors (Lipinski definition) is 2. The maximum atomic E-state index is 12.0. The highest BCUT2D eigenvalue weighted by Gasteiger charge is 2.26. The second-order valence-electron chi connectivity index (χ2n) is 5.69. The fourth-order valence-electron chi connectivity index (χ4n) is 2.80. The first kappa shape index (κ1) is 15.3. The number of carboxylic acid groups (broad SMARTS) is 1. The van der Waals surface area contributed by atoms with Crippen molar-refractivity contribution < 1.29 is 19.4 Å². The number of ether oxygens (including phenoxy) is 1. The molecule has 0 aromatic carbocycles.